The maximum absolute atomic E-state index is 11.9. The molecule has 2 aromatic heterocycles. The molecule has 0 saturated heterocycles. The van der Waals surface area contributed by atoms with Crippen LogP contribution in [0.5, 0.6) is 0 Å². The molecule has 0 unspecified atom stereocenters. The van der Waals surface area contributed by atoms with Crippen LogP contribution in [0.3, 0.4) is 0 Å². The van der Waals surface area contributed by atoms with E-state index in [0.717, 1.165) is 9.26 Å². The largest absolute Gasteiger partial charge is 0.345 e. The molecule has 0 bridgehead atoms. The third-order valence-corrected chi connectivity index (χ3v) is 3.47. The number of ketones is 1. The number of Topliss-reactive ketones (excluding diaryl/α,β-unsaturated/α-hetero) is 1. The number of H-pyrrole nitrogens is 1. The number of rotatable bonds is 1. The SMILES string of the molecule is CC(=O)c1c[nH]c2nc(C)c(I)cc2c1=O. The van der Waals surface area contributed by atoms with E-state index in [1.165, 1.54) is 13.1 Å². The molecular formula is C11H9IN2O2. The normalized spacial score (nSPS) is 10.7. The third kappa shape index (κ3) is 1.75. The van der Waals surface area contributed by atoms with Crippen LogP contribution in [0.1, 0.15) is 23.0 Å². The minimum atomic E-state index is -0.258. The van der Waals surface area contributed by atoms with Crippen molar-refractivity contribution in [1.82, 2.24) is 9.97 Å². The number of nitrogens with zero attached hydrogens (tertiary/aromatic N) is 1. The summed E-state index contributed by atoms with van der Waals surface area (Å²) in [4.78, 5) is 30.3. The lowest BCUT2D eigenvalue weighted by Gasteiger charge is -2.02. The molecule has 0 radical (unpaired) electrons. The number of aryl methyl sites for hydroxylation is 1. The van der Waals surface area contributed by atoms with Crippen LogP contribution in [0.15, 0.2) is 17.1 Å². The smallest absolute Gasteiger partial charge is 0.201 e. The number of carbonyl (C=O) groups excluding carboxylic acids is 1. The Bertz CT molecular complexity index is 646. The molecule has 5 heteroatoms. The van der Waals surface area contributed by atoms with Crippen molar-refractivity contribution in [2.45, 2.75) is 13.8 Å². The fraction of sp³-hybridized carbons (Fsp3) is 0.182. The molecule has 0 amide bonds. The van der Waals surface area contributed by atoms with Crippen molar-refractivity contribution >= 4 is 39.4 Å². The molecule has 0 aliphatic rings. The molecule has 0 aromatic carbocycles. The van der Waals surface area contributed by atoms with Crippen LogP contribution in [-0.4, -0.2) is 15.8 Å². The van der Waals surface area contributed by atoms with E-state index in [2.05, 4.69) is 32.6 Å². The van der Waals surface area contributed by atoms with Crippen molar-refractivity contribution in [2.75, 3.05) is 0 Å². The van der Waals surface area contributed by atoms with Gasteiger partial charge in [-0.25, -0.2) is 4.98 Å². The molecule has 4 nitrogen and oxygen atoms in total. The zero-order valence-corrected chi connectivity index (χ0v) is 11.0. The van der Waals surface area contributed by atoms with Crippen molar-refractivity contribution in [3.05, 3.63) is 37.3 Å². The van der Waals surface area contributed by atoms with Crippen LogP contribution in [0.4, 0.5) is 0 Å². The molecule has 0 spiro atoms. The van der Waals surface area contributed by atoms with Gasteiger partial charge in [-0.3, -0.25) is 9.59 Å². The highest BCUT2D eigenvalue weighted by atomic mass is 127. The maximum atomic E-state index is 11.9. The molecule has 0 aliphatic heterocycles. The summed E-state index contributed by atoms with van der Waals surface area (Å²) in [6.45, 7) is 3.25. The highest BCUT2D eigenvalue weighted by molar-refractivity contribution is 14.1. The fourth-order valence-electron chi connectivity index (χ4n) is 1.48. The van der Waals surface area contributed by atoms with Crippen LogP contribution in [-0.2, 0) is 0 Å². The molecule has 0 saturated carbocycles. The molecule has 2 heterocycles. The quantitative estimate of drug-likeness (QED) is 0.644. The van der Waals surface area contributed by atoms with Crippen LogP contribution < -0.4 is 5.43 Å². The van der Waals surface area contributed by atoms with E-state index in [0.29, 0.717) is 11.0 Å². The molecule has 82 valence electrons. The van der Waals surface area contributed by atoms with Crippen molar-refractivity contribution in [1.29, 1.82) is 0 Å². The second kappa shape index (κ2) is 3.97. The van der Waals surface area contributed by atoms with Gasteiger partial charge in [0.05, 0.1) is 16.6 Å². The van der Waals surface area contributed by atoms with Gasteiger partial charge in [-0.05, 0) is 42.5 Å². The Morgan fingerprint density at radius 1 is 1.50 bits per heavy atom. The van der Waals surface area contributed by atoms with Crippen molar-refractivity contribution in [3.63, 3.8) is 0 Å². The number of pyridine rings is 2. The van der Waals surface area contributed by atoms with E-state index in [-0.39, 0.29) is 16.8 Å². The average molecular weight is 328 g/mol. The van der Waals surface area contributed by atoms with Gasteiger partial charge in [0.25, 0.3) is 0 Å². The summed E-state index contributed by atoms with van der Waals surface area (Å²) in [7, 11) is 0. The first-order chi connectivity index (χ1) is 7.50. The van der Waals surface area contributed by atoms with Gasteiger partial charge in [-0.15, -0.1) is 0 Å². The van der Waals surface area contributed by atoms with Crippen LogP contribution >= 0.6 is 22.6 Å². The van der Waals surface area contributed by atoms with Gasteiger partial charge in [0.15, 0.2) is 5.78 Å². The van der Waals surface area contributed by atoms with Gasteiger partial charge in [-0.2, -0.15) is 0 Å². The number of aromatic nitrogens is 2. The summed E-state index contributed by atoms with van der Waals surface area (Å²) < 4.78 is 0.913. The van der Waals surface area contributed by atoms with E-state index in [1.807, 2.05) is 6.92 Å². The Labute approximate surface area is 105 Å². The van der Waals surface area contributed by atoms with E-state index in [4.69, 9.17) is 0 Å². The van der Waals surface area contributed by atoms with E-state index < -0.39 is 0 Å². The zero-order chi connectivity index (χ0) is 11.9. The van der Waals surface area contributed by atoms with Gasteiger partial charge in [-0.1, -0.05) is 0 Å². The van der Waals surface area contributed by atoms with Gasteiger partial charge >= 0.3 is 0 Å². The van der Waals surface area contributed by atoms with Crippen molar-refractivity contribution in [3.8, 4) is 0 Å². The lowest BCUT2D eigenvalue weighted by atomic mass is 10.1. The van der Waals surface area contributed by atoms with Gasteiger partial charge in [0.2, 0.25) is 5.43 Å². The standard InChI is InChI=1S/C11H9IN2O2/c1-5-9(12)3-7-10(16)8(6(2)15)4-13-11(7)14-5/h3-4H,1-2H3,(H,13,14,16). The number of aromatic amines is 1. The lowest BCUT2D eigenvalue weighted by molar-refractivity contribution is 0.101. The summed E-state index contributed by atoms with van der Waals surface area (Å²) in [5.74, 6) is -0.237. The molecule has 0 aliphatic carbocycles. The number of hydrogen-bond donors (Lipinski definition) is 1. The minimum absolute atomic E-state index is 0.175. The molecule has 0 atom stereocenters. The third-order valence-electron chi connectivity index (χ3n) is 2.37. The number of hydrogen-bond acceptors (Lipinski definition) is 3. The molecular weight excluding hydrogens is 319 g/mol. The predicted octanol–water partition coefficient (Wildman–Crippen LogP) is 2.04. The van der Waals surface area contributed by atoms with E-state index in [9.17, 15) is 9.59 Å². The molecule has 2 rings (SSSR count). The zero-order valence-electron chi connectivity index (χ0n) is 8.80. The van der Waals surface area contributed by atoms with Gasteiger partial charge < -0.3 is 4.98 Å². The summed E-state index contributed by atoms with van der Waals surface area (Å²) in [5.41, 5.74) is 1.30. The van der Waals surface area contributed by atoms with Crippen LogP contribution in [0.2, 0.25) is 0 Å². The minimum Gasteiger partial charge on any atom is -0.345 e. The molecule has 16 heavy (non-hydrogen) atoms. The molecule has 2 aromatic rings. The number of fused-ring (bicyclic) bond motifs is 1. The molecule has 0 fully saturated rings. The first-order valence-corrected chi connectivity index (χ1v) is 5.78. The lowest BCUT2D eigenvalue weighted by Crippen LogP contribution is -2.14. The van der Waals surface area contributed by atoms with E-state index >= 15 is 0 Å². The Hall–Kier alpha value is -1.24. The van der Waals surface area contributed by atoms with Crippen LogP contribution in [0, 0.1) is 10.5 Å². The topological polar surface area (TPSA) is 62.8 Å². The summed E-state index contributed by atoms with van der Waals surface area (Å²) >= 11 is 2.12. The monoisotopic (exact) mass is 328 g/mol. The van der Waals surface area contributed by atoms with Gasteiger partial charge in [0, 0.05) is 9.77 Å². The number of nitrogens with one attached hydrogen (secondary N) is 1. The number of carbonyl (C=O) groups is 1. The van der Waals surface area contributed by atoms with E-state index in [1.54, 1.807) is 6.07 Å². The fourth-order valence-corrected chi connectivity index (χ4v) is 1.91. The van der Waals surface area contributed by atoms with Gasteiger partial charge in [0.1, 0.15) is 5.65 Å². The highest BCUT2D eigenvalue weighted by Crippen LogP contribution is 2.14. The predicted molar refractivity (Wildman–Crippen MR) is 69.8 cm³/mol. The van der Waals surface area contributed by atoms with Crippen molar-refractivity contribution in [2.24, 2.45) is 0 Å². The first kappa shape index (κ1) is 11.3. The van der Waals surface area contributed by atoms with Crippen LogP contribution in [0.25, 0.3) is 11.0 Å². The Morgan fingerprint density at radius 3 is 2.81 bits per heavy atom. The second-order valence-corrected chi connectivity index (χ2v) is 4.70. The number of halogens is 1. The highest BCUT2D eigenvalue weighted by Gasteiger charge is 2.10. The summed E-state index contributed by atoms with van der Waals surface area (Å²) in [6.07, 6.45) is 1.42. The average Bonchev–Trinajstić information content (AvgIpc) is 2.21. The Morgan fingerprint density at radius 2 is 2.19 bits per heavy atom. The Kier molecular flexibility index (Phi) is 2.79. The Balaban J connectivity index is 2.90. The maximum Gasteiger partial charge on any atom is 0.201 e. The molecule has 1 N–H and O–H groups in total. The summed E-state index contributed by atoms with van der Waals surface area (Å²) in [6, 6.07) is 1.75. The second-order valence-electron chi connectivity index (χ2n) is 3.54. The van der Waals surface area contributed by atoms with Crippen molar-refractivity contribution < 1.29 is 4.79 Å². The first-order valence-electron chi connectivity index (χ1n) is 4.70. The summed E-state index contributed by atoms with van der Waals surface area (Å²) in [5, 5.41) is 0.461.